The SMILES string of the molecule is CCC(=O)N[C@@H](CCN1CCC[C@@H]1C(=O)N1CCC[C@H]1CCc1cc2ccc(C(=N)N)cc2n1CC)C(=O)O. The number of aromatic nitrogens is 1. The van der Waals surface area contributed by atoms with Gasteiger partial charge in [-0.05, 0) is 75.9 Å². The second-order valence-electron chi connectivity index (χ2n) is 10.7. The Kier molecular flexibility index (Phi) is 9.27. The Hall–Kier alpha value is -3.40. The highest BCUT2D eigenvalue weighted by atomic mass is 16.4. The first-order chi connectivity index (χ1) is 18.7. The summed E-state index contributed by atoms with van der Waals surface area (Å²) >= 11 is 0. The number of fused-ring (bicyclic) bond motifs is 1. The Labute approximate surface area is 230 Å². The van der Waals surface area contributed by atoms with Crippen molar-refractivity contribution in [2.45, 2.75) is 89.9 Å². The predicted molar refractivity (Wildman–Crippen MR) is 151 cm³/mol. The third-order valence-electron chi connectivity index (χ3n) is 8.32. The topological polar surface area (TPSA) is 145 Å². The molecule has 3 heterocycles. The van der Waals surface area contributed by atoms with Crippen LogP contribution >= 0.6 is 0 Å². The van der Waals surface area contributed by atoms with Crippen LogP contribution in [0, 0.1) is 5.41 Å². The fourth-order valence-corrected chi connectivity index (χ4v) is 6.21. The van der Waals surface area contributed by atoms with E-state index in [2.05, 4.69) is 32.7 Å². The predicted octanol–water partition coefficient (Wildman–Crippen LogP) is 2.70. The lowest BCUT2D eigenvalue weighted by Crippen LogP contribution is -2.49. The van der Waals surface area contributed by atoms with Gasteiger partial charge in [-0.3, -0.25) is 19.9 Å². The van der Waals surface area contributed by atoms with Gasteiger partial charge in [0.25, 0.3) is 0 Å². The van der Waals surface area contributed by atoms with Crippen LogP contribution in [0.4, 0.5) is 0 Å². The van der Waals surface area contributed by atoms with Crippen LogP contribution in [0.5, 0.6) is 0 Å². The van der Waals surface area contributed by atoms with E-state index in [-0.39, 0.29) is 42.6 Å². The van der Waals surface area contributed by atoms with Gasteiger partial charge in [0.1, 0.15) is 11.9 Å². The number of nitrogens with zero attached hydrogens (tertiary/aromatic N) is 3. The lowest BCUT2D eigenvalue weighted by atomic mass is 10.1. The molecule has 0 radical (unpaired) electrons. The summed E-state index contributed by atoms with van der Waals surface area (Å²) in [5.74, 6) is -1.10. The van der Waals surface area contributed by atoms with Crippen LogP contribution in [-0.4, -0.2) is 80.9 Å². The van der Waals surface area contributed by atoms with Crippen LogP contribution in [0.15, 0.2) is 24.3 Å². The maximum atomic E-state index is 13.7. The average Bonchev–Trinajstić information content (AvgIpc) is 3.66. The van der Waals surface area contributed by atoms with Crippen molar-refractivity contribution in [3.05, 3.63) is 35.5 Å². The van der Waals surface area contributed by atoms with Gasteiger partial charge in [-0.15, -0.1) is 0 Å². The van der Waals surface area contributed by atoms with Crippen LogP contribution in [-0.2, 0) is 27.3 Å². The van der Waals surface area contributed by atoms with Crippen molar-refractivity contribution in [1.29, 1.82) is 5.41 Å². The zero-order valence-corrected chi connectivity index (χ0v) is 23.1. The highest BCUT2D eigenvalue weighted by Crippen LogP contribution is 2.29. The molecule has 10 nitrogen and oxygen atoms in total. The van der Waals surface area contributed by atoms with Crippen molar-refractivity contribution in [3.63, 3.8) is 0 Å². The van der Waals surface area contributed by atoms with E-state index in [1.54, 1.807) is 6.92 Å². The van der Waals surface area contributed by atoms with Gasteiger partial charge >= 0.3 is 5.97 Å². The molecule has 1 aromatic carbocycles. The molecule has 0 aliphatic carbocycles. The Morgan fingerprint density at radius 2 is 1.92 bits per heavy atom. The zero-order valence-electron chi connectivity index (χ0n) is 23.1. The van der Waals surface area contributed by atoms with E-state index in [1.807, 2.05) is 18.2 Å². The number of likely N-dealkylation sites (tertiary alicyclic amines) is 2. The van der Waals surface area contributed by atoms with Gasteiger partial charge in [0.15, 0.2) is 0 Å². The molecular formula is C29H42N6O4. The summed E-state index contributed by atoms with van der Waals surface area (Å²) in [5, 5.41) is 21.0. The number of amidine groups is 1. The molecule has 2 aromatic rings. The third kappa shape index (κ3) is 6.43. The number of aliphatic carboxylic acids is 1. The molecule has 39 heavy (non-hydrogen) atoms. The van der Waals surface area contributed by atoms with Crippen molar-refractivity contribution in [3.8, 4) is 0 Å². The number of carbonyl (C=O) groups excluding carboxylic acids is 2. The number of hydrogen-bond acceptors (Lipinski definition) is 5. The molecule has 212 valence electrons. The summed E-state index contributed by atoms with van der Waals surface area (Å²) in [6, 6.07) is 7.11. The summed E-state index contributed by atoms with van der Waals surface area (Å²) in [7, 11) is 0. The first kappa shape index (κ1) is 28.6. The number of nitrogens with two attached hydrogens (primary N) is 1. The number of aryl methyl sites for hydroxylation is 2. The fraction of sp³-hybridized carbons (Fsp3) is 0.586. The van der Waals surface area contributed by atoms with Gasteiger partial charge in [0.2, 0.25) is 11.8 Å². The minimum Gasteiger partial charge on any atom is -0.480 e. The van der Waals surface area contributed by atoms with Crippen LogP contribution < -0.4 is 11.1 Å². The van der Waals surface area contributed by atoms with Crippen molar-refractivity contribution < 1.29 is 19.5 Å². The molecule has 2 amide bonds. The molecule has 5 N–H and O–H groups in total. The first-order valence-electron chi connectivity index (χ1n) is 14.3. The van der Waals surface area contributed by atoms with Crippen molar-refractivity contribution in [2.75, 3.05) is 19.6 Å². The van der Waals surface area contributed by atoms with E-state index in [0.717, 1.165) is 74.6 Å². The molecule has 0 unspecified atom stereocenters. The minimum atomic E-state index is -1.04. The normalized spacial score (nSPS) is 20.4. The van der Waals surface area contributed by atoms with Crippen LogP contribution in [0.25, 0.3) is 10.9 Å². The molecular weight excluding hydrogens is 496 g/mol. The molecule has 2 aliphatic rings. The lowest BCUT2D eigenvalue weighted by Gasteiger charge is -2.32. The van der Waals surface area contributed by atoms with Gasteiger partial charge in [-0.25, -0.2) is 4.79 Å². The van der Waals surface area contributed by atoms with Crippen molar-refractivity contribution in [2.24, 2.45) is 5.73 Å². The minimum absolute atomic E-state index is 0.0626. The van der Waals surface area contributed by atoms with E-state index in [4.69, 9.17) is 11.1 Å². The fourth-order valence-electron chi connectivity index (χ4n) is 6.21. The van der Waals surface area contributed by atoms with Crippen LogP contribution in [0.2, 0.25) is 0 Å². The van der Waals surface area contributed by atoms with Crippen LogP contribution in [0.1, 0.15) is 70.1 Å². The molecule has 1 aromatic heterocycles. The number of rotatable bonds is 12. The molecule has 0 bridgehead atoms. The van der Waals surface area contributed by atoms with E-state index < -0.39 is 12.0 Å². The molecule has 10 heteroatoms. The van der Waals surface area contributed by atoms with Crippen molar-refractivity contribution >= 4 is 34.5 Å². The number of nitrogen functional groups attached to an aromatic ring is 1. The maximum absolute atomic E-state index is 13.7. The smallest absolute Gasteiger partial charge is 0.326 e. The Bertz CT molecular complexity index is 1220. The highest BCUT2D eigenvalue weighted by molar-refractivity contribution is 5.98. The summed E-state index contributed by atoms with van der Waals surface area (Å²) in [6.07, 6.45) is 5.94. The van der Waals surface area contributed by atoms with Gasteiger partial charge in [0.05, 0.1) is 6.04 Å². The Balaban J connectivity index is 1.40. The highest BCUT2D eigenvalue weighted by Gasteiger charge is 2.38. The largest absolute Gasteiger partial charge is 0.480 e. The van der Waals surface area contributed by atoms with E-state index >= 15 is 0 Å². The van der Waals surface area contributed by atoms with Crippen LogP contribution in [0.3, 0.4) is 0 Å². The quantitative estimate of drug-likeness (QED) is 0.242. The van der Waals surface area contributed by atoms with Gasteiger partial charge in [-0.1, -0.05) is 19.1 Å². The van der Waals surface area contributed by atoms with Gasteiger partial charge in [0, 0.05) is 48.9 Å². The summed E-state index contributed by atoms with van der Waals surface area (Å²) in [5.41, 5.74) is 8.74. The number of amides is 2. The molecule has 2 fully saturated rings. The molecule has 2 aliphatic heterocycles. The summed E-state index contributed by atoms with van der Waals surface area (Å²) < 4.78 is 2.28. The lowest BCUT2D eigenvalue weighted by molar-refractivity contribution is -0.142. The second-order valence-corrected chi connectivity index (χ2v) is 10.7. The van der Waals surface area contributed by atoms with E-state index in [9.17, 15) is 19.5 Å². The molecule has 0 spiro atoms. The number of hydrogen-bond donors (Lipinski definition) is 4. The molecule has 2 saturated heterocycles. The number of benzene rings is 1. The standard InChI is InChI=1S/C29H42N6O4/c1-3-26(36)32-23(29(38)39)13-16-33-14-6-8-24(33)28(37)35-15-5-7-21(35)11-12-22-17-19-9-10-20(27(30)31)18-25(19)34(22)4-2/h9-10,17-18,21,23-24H,3-8,11-16H2,1-2H3,(H3,30,31)(H,32,36)(H,38,39)/t21-,23-,24+/m0/s1. The Morgan fingerprint density at radius 3 is 2.62 bits per heavy atom. The Morgan fingerprint density at radius 1 is 1.15 bits per heavy atom. The zero-order chi connectivity index (χ0) is 28.1. The van der Waals surface area contributed by atoms with Gasteiger partial charge < -0.3 is 25.6 Å². The molecule has 3 atom stereocenters. The molecule has 0 saturated carbocycles. The van der Waals surface area contributed by atoms with Gasteiger partial charge in [-0.2, -0.15) is 0 Å². The number of carboxylic acids is 1. The first-order valence-corrected chi connectivity index (χ1v) is 14.3. The van der Waals surface area contributed by atoms with Crippen molar-refractivity contribution in [1.82, 2.24) is 19.7 Å². The number of carboxylic acid groups (broad SMARTS) is 1. The van der Waals surface area contributed by atoms with E-state index in [0.29, 0.717) is 6.54 Å². The monoisotopic (exact) mass is 538 g/mol. The third-order valence-corrected chi connectivity index (χ3v) is 8.32. The number of carbonyl (C=O) groups is 3. The maximum Gasteiger partial charge on any atom is 0.326 e. The molecule has 4 rings (SSSR count). The second kappa shape index (κ2) is 12.6. The van der Waals surface area contributed by atoms with E-state index in [1.165, 1.54) is 5.69 Å². The summed E-state index contributed by atoms with van der Waals surface area (Å²) in [6.45, 7) is 6.63. The average molecular weight is 539 g/mol. The summed E-state index contributed by atoms with van der Waals surface area (Å²) in [4.78, 5) is 41.2. The number of nitrogens with one attached hydrogen (secondary N) is 2.